The molecule has 21 heavy (non-hydrogen) atoms. The molecule has 0 heterocycles. The zero-order valence-electron chi connectivity index (χ0n) is 12.3. The predicted molar refractivity (Wildman–Crippen MR) is 78.0 cm³/mol. The van der Waals surface area contributed by atoms with Crippen molar-refractivity contribution < 1.29 is 24.2 Å². The van der Waals surface area contributed by atoms with Gasteiger partial charge in [0.15, 0.2) is 0 Å². The van der Waals surface area contributed by atoms with E-state index in [0.29, 0.717) is 23.6 Å². The number of carbonyl (C=O) groups excluding carboxylic acids is 1. The number of carboxylic acids is 1. The number of hydrogen-bond donors (Lipinski definition) is 3. The summed E-state index contributed by atoms with van der Waals surface area (Å²) in [6.07, 6.45) is 0.446. The molecule has 0 bridgehead atoms. The molecule has 116 valence electrons. The highest BCUT2D eigenvalue weighted by Gasteiger charge is 2.16. The molecule has 7 nitrogen and oxygen atoms in total. The molecule has 0 aliphatic rings. The summed E-state index contributed by atoms with van der Waals surface area (Å²) in [5.41, 5.74) is 0.471. The number of rotatable bonds is 7. The number of nitrogens with one attached hydrogen (secondary N) is 2. The van der Waals surface area contributed by atoms with Gasteiger partial charge in [-0.25, -0.2) is 4.79 Å². The molecule has 0 aliphatic heterocycles. The second-order valence-corrected chi connectivity index (χ2v) is 4.34. The molecule has 1 unspecified atom stereocenters. The Balaban J connectivity index is 2.64. The van der Waals surface area contributed by atoms with Crippen LogP contribution in [0.25, 0.3) is 0 Å². The normalized spacial score (nSPS) is 11.4. The SMILES string of the molecule is CCC(CNC(=O)Nc1ccc(OC)cc1OC)C(=O)O. The molecular formula is C14H20N2O5. The third-order valence-corrected chi connectivity index (χ3v) is 3.01. The van der Waals surface area contributed by atoms with Gasteiger partial charge in [-0.05, 0) is 18.6 Å². The van der Waals surface area contributed by atoms with Gasteiger partial charge in [0, 0.05) is 12.6 Å². The lowest BCUT2D eigenvalue weighted by atomic mass is 10.1. The van der Waals surface area contributed by atoms with Crippen molar-refractivity contribution >= 4 is 17.7 Å². The number of urea groups is 1. The first-order valence-corrected chi connectivity index (χ1v) is 6.51. The van der Waals surface area contributed by atoms with Crippen molar-refractivity contribution in [2.24, 2.45) is 5.92 Å². The van der Waals surface area contributed by atoms with Gasteiger partial charge in [0.05, 0.1) is 25.8 Å². The first kappa shape index (κ1) is 16.6. The van der Waals surface area contributed by atoms with E-state index in [1.807, 2.05) is 0 Å². The molecule has 0 aliphatic carbocycles. The fraction of sp³-hybridized carbons (Fsp3) is 0.429. The Morgan fingerprint density at radius 1 is 1.29 bits per heavy atom. The Labute approximate surface area is 123 Å². The zero-order chi connectivity index (χ0) is 15.8. The molecule has 0 saturated carbocycles. The lowest BCUT2D eigenvalue weighted by molar-refractivity contribution is -0.141. The Morgan fingerprint density at radius 2 is 2.00 bits per heavy atom. The highest BCUT2D eigenvalue weighted by atomic mass is 16.5. The first-order valence-electron chi connectivity index (χ1n) is 6.51. The minimum absolute atomic E-state index is 0.0656. The maximum Gasteiger partial charge on any atom is 0.319 e. The average molecular weight is 296 g/mol. The fourth-order valence-electron chi connectivity index (χ4n) is 1.69. The molecule has 1 atom stereocenters. The number of benzene rings is 1. The van der Waals surface area contributed by atoms with E-state index in [4.69, 9.17) is 14.6 Å². The topological polar surface area (TPSA) is 96.9 Å². The van der Waals surface area contributed by atoms with Crippen LogP contribution in [0.1, 0.15) is 13.3 Å². The Morgan fingerprint density at radius 3 is 2.52 bits per heavy atom. The summed E-state index contributed by atoms with van der Waals surface area (Å²) in [5.74, 6) is -0.474. The molecule has 1 rings (SSSR count). The van der Waals surface area contributed by atoms with E-state index in [0.717, 1.165) is 0 Å². The molecule has 1 aromatic carbocycles. The number of amides is 2. The van der Waals surface area contributed by atoms with Crippen LogP contribution in [0.15, 0.2) is 18.2 Å². The van der Waals surface area contributed by atoms with E-state index in [9.17, 15) is 9.59 Å². The van der Waals surface area contributed by atoms with Crippen molar-refractivity contribution in [3.8, 4) is 11.5 Å². The van der Waals surface area contributed by atoms with E-state index < -0.39 is 17.9 Å². The minimum Gasteiger partial charge on any atom is -0.497 e. The van der Waals surface area contributed by atoms with Crippen LogP contribution in [0.2, 0.25) is 0 Å². The van der Waals surface area contributed by atoms with Crippen molar-refractivity contribution in [2.75, 3.05) is 26.1 Å². The van der Waals surface area contributed by atoms with E-state index >= 15 is 0 Å². The van der Waals surface area contributed by atoms with E-state index in [2.05, 4.69) is 10.6 Å². The lowest BCUT2D eigenvalue weighted by Crippen LogP contribution is -2.35. The van der Waals surface area contributed by atoms with Crippen molar-refractivity contribution in [1.82, 2.24) is 5.32 Å². The molecule has 0 saturated heterocycles. The summed E-state index contributed by atoms with van der Waals surface area (Å²) in [5, 5.41) is 14.0. The minimum atomic E-state index is -0.931. The van der Waals surface area contributed by atoms with Crippen LogP contribution < -0.4 is 20.1 Å². The monoisotopic (exact) mass is 296 g/mol. The number of anilines is 1. The van der Waals surface area contributed by atoms with Crippen LogP contribution in [0.4, 0.5) is 10.5 Å². The quantitative estimate of drug-likeness (QED) is 0.714. The van der Waals surface area contributed by atoms with Crippen LogP contribution in [0, 0.1) is 5.92 Å². The van der Waals surface area contributed by atoms with E-state index in [-0.39, 0.29) is 6.54 Å². The maximum absolute atomic E-state index is 11.8. The zero-order valence-corrected chi connectivity index (χ0v) is 12.3. The van der Waals surface area contributed by atoms with Crippen LogP contribution in [0.3, 0.4) is 0 Å². The Bertz CT molecular complexity index is 504. The lowest BCUT2D eigenvalue weighted by Gasteiger charge is -2.14. The first-order chi connectivity index (χ1) is 10.0. The van der Waals surface area contributed by atoms with E-state index in [1.165, 1.54) is 14.2 Å². The van der Waals surface area contributed by atoms with Gasteiger partial charge in [-0.1, -0.05) is 6.92 Å². The number of hydrogen-bond acceptors (Lipinski definition) is 4. The molecule has 0 radical (unpaired) electrons. The molecule has 7 heteroatoms. The molecular weight excluding hydrogens is 276 g/mol. The summed E-state index contributed by atoms with van der Waals surface area (Å²) in [4.78, 5) is 22.6. The smallest absolute Gasteiger partial charge is 0.319 e. The summed E-state index contributed by atoms with van der Waals surface area (Å²) < 4.78 is 10.2. The number of ether oxygens (including phenoxy) is 2. The average Bonchev–Trinajstić information content (AvgIpc) is 2.47. The second kappa shape index (κ2) is 7.98. The standard InChI is InChI=1S/C14H20N2O5/c1-4-9(13(17)18)8-15-14(19)16-11-6-5-10(20-2)7-12(11)21-3/h5-7,9H,4,8H2,1-3H3,(H,17,18)(H2,15,16,19). The largest absolute Gasteiger partial charge is 0.497 e. The molecule has 0 aromatic heterocycles. The van der Waals surface area contributed by atoms with Crippen LogP contribution in [-0.4, -0.2) is 37.9 Å². The maximum atomic E-state index is 11.8. The van der Waals surface area contributed by atoms with Gasteiger partial charge in [-0.15, -0.1) is 0 Å². The van der Waals surface area contributed by atoms with Gasteiger partial charge >= 0.3 is 12.0 Å². The number of carbonyl (C=O) groups is 2. The predicted octanol–water partition coefficient (Wildman–Crippen LogP) is 1.94. The van der Waals surface area contributed by atoms with Gasteiger partial charge in [-0.3, -0.25) is 4.79 Å². The third kappa shape index (κ3) is 4.87. The van der Waals surface area contributed by atoms with Gasteiger partial charge in [-0.2, -0.15) is 0 Å². The molecule has 0 fully saturated rings. The fourth-order valence-corrected chi connectivity index (χ4v) is 1.69. The summed E-state index contributed by atoms with van der Waals surface area (Å²) in [7, 11) is 3.01. The number of methoxy groups -OCH3 is 2. The molecule has 3 N–H and O–H groups in total. The molecule has 1 aromatic rings. The van der Waals surface area contributed by atoms with Crippen LogP contribution in [-0.2, 0) is 4.79 Å². The summed E-state index contributed by atoms with van der Waals surface area (Å²) in [6.45, 7) is 1.82. The number of aliphatic carboxylic acids is 1. The van der Waals surface area contributed by atoms with Gasteiger partial charge in [0.25, 0.3) is 0 Å². The van der Waals surface area contributed by atoms with Gasteiger partial charge in [0.1, 0.15) is 11.5 Å². The highest BCUT2D eigenvalue weighted by molar-refractivity contribution is 5.91. The Kier molecular flexibility index (Phi) is 6.32. The highest BCUT2D eigenvalue weighted by Crippen LogP contribution is 2.28. The Hall–Kier alpha value is -2.44. The summed E-state index contributed by atoms with van der Waals surface area (Å²) in [6, 6.07) is 4.48. The van der Waals surface area contributed by atoms with Crippen molar-refractivity contribution in [3.05, 3.63) is 18.2 Å². The molecule has 2 amide bonds. The number of carboxylic acid groups (broad SMARTS) is 1. The van der Waals surface area contributed by atoms with Crippen molar-refractivity contribution in [3.63, 3.8) is 0 Å². The van der Waals surface area contributed by atoms with Gasteiger partial charge < -0.3 is 25.2 Å². The van der Waals surface area contributed by atoms with Crippen molar-refractivity contribution in [2.45, 2.75) is 13.3 Å². The van der Waals surface area contributed by atoms with Gasteiger partial charge in [0.2, 0.25) is 0 Å². The van der Waals surface area contributed by atoms with E-state index in [1.54, 1.807) is 25.1 Å². The summed E-state index contributed by atoms with van der Waals surface area (Å²) >= 11 is 0. The third-order valence-electron chi connectivity index (χ3n) is 3.01. The van der Waals surface area contributed by atoms with Crippen LogP contribution in [0.5, 0.6) is 11.5 Å². The van der Waals surface area contributed by atoms with Crippen molar-refractivity contribution in [1.29, 1.82) is 0 Å². The van der Waals surface area contributed by atoms with Crippen LogP contribution >= 0.6 is 0 Å². The second-order valence-electron chi connectivity index (χ2n) is 4.34. The molecule has 0 spiro atoms.